The lowest BCUT2D eigenvalue weighted by Crippen LogP contribution is -2.21. The van der Waals surface area contributed by atoms with Crippen molar-refractivity contribution in [2.24, 2.45) is 7.05 Å². The maximum absolute atomic E-state index is 14.8. The molecule has 0 saturated heterocycles. The Morgan fingerprint density at radius 2 is 2.00 bits per heavy atom. The van der Waals surface area contributed by atoms with Gasteiger partial charge in [0.15, 0.2) is 0 Å². The first-order valence-electron chi connectivity index (χ1n) is 9.47. The van der Waals surface area contributed by atoms with E-state index >= 15 is 0 Å². The Kier molecular flexibility index (Phi) is 7.64. The lowest BCUT2D eigenvalue weighted by Gasteiger charge is -2.09. The van der Waals surface area contributed by atoms with Crippen LogP contribution in [0.4, 0.5) is 9.18 Å². The molecule has 0 spiro atoms. The van der Waals surface area contributed by atoms with Gasteiger partial charge in [-0.05, 0) is 30.3 Å². The fourth-order valence-electron chi connectivity index (χ4n) is 2.93. The fraction of sp³-hybridized carbons (Fsp3) is 0.333. The van der Waals surface area contributed by atoms with Crippen LogP contribution in [0.25, 0.3) is 22.2 Å². The second kappa shape index (κ2) is 10.4. The molecule has 0 saturated carbocycles. The number of aromatic nitrogens is 2. The van der Waals surface area contributed by atoms with Crippen LogP contribution in [-0.4, -0.2) is 49.3 Å². The molecule has 1 heterocycles. The van der Waals surface area contributed by atoms with Gasteiger partial charge in [-0.1, -0.05) is 15.9 Å². The number of benzene rings is 2. The topological polar surface area (TPSA) is 74.6 Å². The molecule has 1 amide bonds. The number of hydrogen-bond donors (Lipinski definition) is 1. The first kappa shape index (κ1) is 22.0. The summed E-state index contributed by atoms with van der Waals surface area (Å²) in [6, 6.07) is 10.6. The molecule has 0 fully saturated rings. The quantitative estimate of drug-likeness (QED) is 0.463. The summed E-state index contributed by atoms with van der Waals surface area (Å²) in [7, 11) is 3.33. The summed E-state index contributed by atoms with van der Waals surface area (Å²) in [5.74, 6) is 0.0557. The third kappa shape index (κ3) is 5.48. The van der Waals surface area contributed by atoms with Crippen molar-refractivity contribution in [3.8, 4) is 17.0 Å². The van der Waals surface area contributed by atoms with Gasteiger partial charge in [-0.15, -0.1) is 0 Å². The van der Waals surface area contributed by atoms with Crippen LogP contribution in [0.2, 0.25) is 0 Å². The summed E-state index contributed by atoms with van der Waals surface area (Å²) in [6.45, 7) is 1.33. The zero-order valence-electron chi connectivity index (χ0n) is 16.8. The average Bonchev–Trinajstić information content (AvgIpc) is 3.05. The molecule has 3 aromatic rings. The number of carbonyl (C=O) groups is 1. The Labute approximate surface area is 182 Å². The first-order chi connectivity index (χ1) is 14.5. The van der Waals surface area contributed by atoms with Crippen LogP contribution < -0.4 is 10.1 Å². The zero-order chi connectivity index (χ0) is 21.5. The fourth-order valence-corrected chi connectivity index (χ4v) is 3.27. The van der Waals surface area contributed by atoms with Crippen molar-refractivity contribution in [3.63, 3.8) is 0 Å². The number of carbonyl (C=O) groups excluding carboxylic acids is 1. The van der Waals surface area contributed by atoms with Crippen LogP contribution in [0.1, 0.15) is 6.42 Å². The Morgan fingerprint density at radius 1 is 1.17 bits per heavy atom. The van der Waals surface area contributed by atoms with Gasteiger partial charge in [0.05, 0.1) is 18.7 Å². The molecule has 30 heavy (non-hydrogen) atoms. The van der Waals surface area contributed by atoms with Crippen molar-refractivity contribution in [1.82, 2.24) is 15.1 Å². The highest BCUT2D eigenvalue weighted by atomic mass is 79.9. The van der Waals surface area contributed by atoms with Gasteiger partial charge in [0.1, 0.15) is 23.9 Å². The van der Waals surface area contributed by atoms with Gasteiger partial charge >= 0.3 is 6.09 Å². The Balaban J connectivity index is 1.52. The summed E-state index contributed by atoms with van der Waals surface area (Å²) in [5, 5.41) is 7.71. The van der Waals surface area contributed by atoms with E-state index < -0.39 is 11.9 Å². The second-order valence-corrected chi connectivity index (χ2v) is 7.39. The van der Waals surface area contributed by atoms with Crippen molar-refractivity contribution in [1.29, 1.82) is 0 Å². The van der Waals surface area contributed by atoms with E-state index in [1.807, 2.05) is 25.2 Å². The van der Waals surface area contributed by atoms with E-state index in [-0.39, 0.29) is 6.61 Å². The van der Waals surface area contributed by atoms with Gasteiger partial charge in [-0.25, -0.2) is 9.18 Å². The smallest absolute Gasteiger partial charge is 0.406 e. The Morgan fingerprint density at radius 3 is 2.77 bits per heavy atom. The minimum atomic E-state index is -0.487. The SMILES string of the molecule is CNC(=O)OCCOCCCOc1ccc(-c2nn(C)c3cc(Br)ccc23)c(F)c1. The third-order valence-corrected chi connectivity index (χ3v) is 4.87. The molecule has 0 unspecified atom stereocenters. The number of nitrogens with zero attached hydrogens (tertiary/aromatic N) is 2. The van der Waals surface area contributed by atoms with Crippen LogP contribution in [0.5, 0.6) is 5.75 Å². The molecule has 3 rings (SSSR count). The predicted molar refractivity (Wildman–Crippen MR) is 115 cm³/mol. The molecule has 1 aromatic heterocycles. The number of alkyl carbamates (subject to hydrolysis) is 1. The number of hydrogen-bond acceptors (Lipinski definition) is 5. The van der Waals surface area contributed by atoms with Crippen LogP contribution >= 0.6 is 15.9 Å². The van der Waals surface area contributed by atoms with E-state index in [9.17, 15) is 9.18 Å². The number of amides is 1. The zero-order valence-corrected chi connectivity index (χ0v) is 18.4. The van der Waals surface area contributed by atoms with Crippen LogP contribution in [-0.2, 0) is 16.5 Å². The van der Waals surface area contributed by atoms with Gasteiger partial charge in [0, 0.05) is 48.6 Å². The summed E-state index contributed by atoms with van der Waals surface area (Å²) < 4.78 is 33.2. The number of aryl methyl sites for hydroxylation is 1. The number of fused-ring (bicyclic) bond motifs is 1. The molecule has 0 radical (unpaired) electrons. The molecular weight excluding hydrogens is 457 g/mol. The van der Waals surface area contributed by atoms with E-state index in [1.54, 1.807) is 16.8 Å². The summed E-state index contributed by atoms with van der Waals surface area (Å²) in [4.78, 5) is 10.9. The van der Waals surface area contributed by atoms with E-state index in [0.717, 1.165) is 15.4 Å². The van der Waals surface area contributed by atoms with Crippen molar-refractivity contribution >= 4 is 32.9 Å². The summed E-state index contributed by atoms with van der Waals surface area (Å²) in [6.07, 6.45) is 0.141. The van der Waals surface area contributed by atoms with Crippen molar-refractivity contribution < 1.29 is 23.4 Å². The van der Waals surface area contributed by atoms with E-state index in [0.29, 0.717) is 43.2 Å². The lowest BCUT2D eigenvalue weighted by molar-refractivity contribution is 0.0678. The molecule has 7 nitrogen and oxygen atoms in total. The van der Waals surface area contributed by atoms with Crippen molar-refractivity contribution in [2.75, 3.05) is 33.5 Å². The van der Waals surface area contributed by atoms with Gasteiger partial charge in [0.25, 0.3) is 0 Å². The third-order valence-electron chi connectivity index (χ3n) is 4.38. The highest BCUT2D eigenvalue weighted by Crippen LogP contribution is 2.32. The maximum atomic E-state index is 14.8. The molecule has 160 valence electrons. The highest BCUT2D eigenvalue weighted by molar-refractivity contribution is 9.10. The molecule has 0 atom stereocenters. The minimum Gasteiger partial charge on any atom is -0.493 e. The first-order valence-corrected chi connectivity index (χ1v) is 10.3. The molecule has 0 aliphatic heterocycles. The van der Waals surface area contributed by atoms with Gasteiger partial charge in [-0.2, -0.15) is 5.10 Å². The Bertz CT molecular complexity index is 1020. The lowest BCUT2D eigenvalue weighted by atomic mass is 10.1. The van der Waals surface area contributed by atoms with Gasteiger partial charge in [-0.3, -0.25) is 4.68 Å². The molecular formula is C21H23BrFN3O4. The van der Waals surface area contributed by atoms with Crippen LogP contribution in [0, 0.1) is 5.82 Å². The molecule has 0 bridgehead atoms. The van der Waals surface area contributed by atoms with Crippen LogP contribution in [0.3, 0.4) is 0 Å². The van der Waals surface area contributed by atoms with Gasteiger partial charge in [0.2, 0.25) is 0 Å². The van der Waals surface area contributed by atoms with Crippen molar-refractivity contribution in [2.45, 2.75) is 6.42 Å². The average molecular weight is 480 g/mol. The number of halogens is 2. The molecule has 2 aromatic carbocycles. The second-order valence-electron chi connectivity index (χ2n) is 6.48. The monoisotopic (exact) mass is 479 g/mol. The number of rotatable bonds is 9. The van der Waals surface area contributed by atoms with Gasteiger partial charge < -0.3 is 19.5 Å². The summed E-state index contributed by atoms with van der Waals surface area (Å²) in [5.41, 5.74) is 1.94. The van der Waals surface area contributed by atoms with E-state index in [4.69, 9.17) is 14.2 Å². The van der Waals surface area contributed by atoms with E-state index in [1.165, 1.54) is 13.1 Å². The Hall–Kier alpha value is -2.65. The molecule has 9 heteroatoms. The minimum absolute atomic E-state index is 0.187. The molecule has 1 N–H and O–H groups in total. The standard InChI is InChI=1S/C21H23BrFN3O4/c1-24-21(27)30-11-10-28-8-3-9-29-15-5-7-16(18(23)13-15)20-17-6-4-14(22)12-19(17)26(2)25-20/h4-7,12-13H,3,8-11H2,1-2H3,(H,24,27). The predicted octanol–water partition coefficient (Wildman–Crippen LogP) is 4.28. The highest BCUT2D eigenvalue weighted by Gasteiger charge is 2.15. The van der Waals surface area contributed by atoms with Crippen molar-refractivity contribution in [3.05, 3.63) is 46.7 Å². The number of ether oxygens (including phenoxy) is 3. The normalized spacial score (nSPS) is 10.9. The maximum Gasteiger partial charge on any atom is 0.406 e. The molecule has 0 aliphatic carbocycles. The van der Waals surface area contributed by atoms with E-state index in [2.05, 4.69) is 26.3 Å². The number of nitrogens with one attached hydrogen (secondary N) is 1. The molecule has 0 aliphatic rings. The largest absolute Gasteiger partial charge is 0.493 e. The van der Waals surface area contributed by atoms with Crippen LogP contribution in [0.15, 0.2) is 40.9 Å². The summed E-state index contributed by atoms with van der Waals surface area (Å²) >= 11 is 3.45.